The van der Waals surface area contributed by atoms with Gasteiger partial charge in [0.25, 0.3) is 5.91 Å². The molecule has 0 atom stereocenters. The molecule has 4 rings (SSSR count). The summed E-state index contributed by atoms with van der Waals surface area (Å²) in [5.74, 6) is 2.04. The van der Waals surface area contributed by atoms with Crippen LogP contribution in [0.1, 0.15) is 32.9 Å². The summed E-state index contributed by atoms with van der Waals surface area (Å²) in [5.41, 5.74) is 5.37. The van der Waals surface area contributed by atoms with Crippen molar-refractivity contribution in [3.8, 4) is 0 Å². The molecule has 1 N–H and O–H groups in total. The van der Waals surface area contributed by atoms with Gasteiger partial charge in [0.05, 0.1) is 18.7 Å². The second-order valence-electron chi connectivity index (χ2n) is 8.11. The van der Waals surface area contributed by atoms with Crippen LogP contribution in [0.3, 0.4) is 0 Å². The third-order valence-corrected chi connectivity index (χ3v) is 6.50. The van der Waals surface area contributed by atoms with Crippen LogP contribution in [0.2, 0.25) is 0 Å². The summed E-state index contributed by atoms with van der Waals surface area (Å²) in [6.45, 7) is 6.28. The average molecular weight is 449 g/mol. The van der Waals surface area contributed by atoms with E-state index in [1.54, 1.807) is 0 Å². The molecular weight excluding hydrogens is 420 g/mol. The van der Waals surface area contributed by atoms with Gasteiger partial charge in [0.1, 0.15) is 0 Å². The molecule has 6 nitrogen and oxygen atoms in total. The van der Waals surface area contributed by atoms with Gasteiger partial charge in [-0.25, -0.2) is 0 Å². The number of carbonyl (C=O) groups is 2. The number of hydrogen-bond donors (Lipinski definition) is 1. The summed E-state index contributed by atoms with van der Waals surface area (Å²) >= 11 is 1.89. The number of carbonyl (C=O) groups excluding carboxylic acids is 2. The van der Waals surface area contributed by atoms with Crippen molar-refractivity contribution in [2.75, 3.05) is 29.9 Å². The number of nitrogens with zero attached hydrogens (tertiary/aromatic N) is 3. The van der Waals surface area contributed by atoms with E-state index in [4.69, 9.17) is 0 Å². The Hall–Kier alpha value is -3.06. The van der Waals surface area contributed by atoms with Crippen molar-refractivity contribution >= 4 is 29.3 Å². The van der Waals surface area contributed by atoms with Crippen molar-refractivity contribution in [2.24, 2.45) is 0 Å². The van der Waals surface area contributed by atoms with Crippen LogP contribution in [-0.4, -0.2) is 51.1 Å². The van der Waals surface area contributed by atoms with Crippen molar-refractivity contribution in [3.63, 3.8) is 0 Å². The van der Waals surface area contributed by atoms with Gasteiger partial charge in [-0.2, -0.15) is 16.9 Å². The average Bonchev–Trinajstić information content (AvgIpc) is 3.12. The second-order valence-corrected chi connectivity index (χ2v) is 9.33. The van der Waals surface area contributed by atoms with Crippen molar-refractivity contribution in [2.45, 2.75) is 26.8 Å². The lowest BCUT2D eigenvalue weighted by Gasteiger charge is -2.26. The van der Waals surface area contributed by atoms with Crippen LogP contribution < -0.4 is 5.32 Å². The molecule has 2 aromatic carbocycles. The van der Waals surface area contributed by atoms with Gasteiger partial charge in [-0.3, -0.25) is 14.3 Å². The van der Waals surface area contributed by atoms with Crippen molar-refractivity contribution in [1.82, 2.24) is 14.7 Å². The summed E-state index contributed by atoms with van der Waals surface area (Å²) in [4.78, 5) is 27.1. The Kier molecular flexibility index (Phi) is 6.95. The van der Waals surface area contributed by atoms with Gasteiger partial charge in [-0.1, -0.05) is 24.3 Å². The summed E-state index contributed by atoms with van der Waals surface area (Å²) in [5, 5.41) is 7.44. The molecule has 0 bridgehead atoms. The Morgan fingerprint density at radius 2 is 1.75 bits per heavy atom. The highest BCUT2D eigenvalue weighted by molar-refractivity contribution is 7.99. The van der Waals surface area contributed by atoms with Crippen LogP contribution in [0.15, 0.2) is 54.6 Å². The minimum absolute atomic E-state index is 0.158. The summed E-state index contributed by atoms with van der Waals surface area (Å²) in [6.07, 6.45) is 0.396. The monoisotopic (exact) mass is 448 g/mol. The molecule has 1 fully saturated rings. The van der Waals surface area contributed by atoms with Gasteiger partial charge in [-0.15, -0.1) is 0 Å². The predicted molar refractivity (Wildman–Crippen MR) is 129 cm³/mol. The smallest absolute Gasteiger partial charge is 0.255 e. The van der Waals surface area contributed by atoms with Crippen molar-refractivity contribution in [3.05, 3.63) is 82.7 Å². The molecule has 2 heterocycles. The van der Waals surface area contributed by atoms with Gasteiger partial charge in [0, 0.05) is 41.5 Å². The van der Waals surface area contributed by atoms with Gasteiger partial charge in [-0.05, 0) is 55.3 Å². The number of hydrogen-bond acceptors (Lipinski definition) is 4. The van der Waals surface area contributed by atoms with Crippen molar-refractivity contribution in [1.29, 1.82) is 0 Å². The van der Waals surface area contributed by atoms with Crippen LogP contribution in [0.5, 0.6) is 0 Å². The molecule has 0 saturated carbocycles. The largest absolute Gasteiger partial charge is 0.341 e. The van der Waals surface area contributed by atoms with E-state index in [0.717, 1.165) is 47.1 Å². The van der Waals surface area contributed by atoms with Crippen LogP contribution in [0.25, 0.3) is 0 Å². The minimum atomic E-state index is -0.158. The van der Waals surface area contributed by atoms with E-state index < -0.39 is 0 Å². The standard InChI is InChI=1S/C25H28N4O2S/c1-18-14-19(2)29(27-18)17-21-4-3-5-22(15-21)25(31)26-23-8-6-20(7-9-23)16-24(30)28-10-12-32-13-11-28/h3-9,14-15H,10-13,16-17H2,1-2H3,(H,26,31). The van der Waals surface area contributed by atoms with Crippen LogP contribution in [-0.2, 0) is 17.8 Å². The van der Waals surface area contributed by atoms with Crippen LogP contribution in [0, 0.1) is 13.8 Å². The molecule has 2 amide bonds. The molecule has 0 radical (unpaired) electrons. The predicted octanol–water partition coefficient (Wildman–Crippen LogP) is 3.92. The zero-order valence-electron chi connectivity index (χ0n) is 18.5. The molecule has 166 valence electrons. The van der Waals surface area contributed by atoms with E-state index in [-0.39, 0.29) is 11.8 Å². The normalized spacial score (nSPS) is 13.8. The molecule has 1 saturated heterocycles. The Morgan fingerprint density at radius 1 is 1.00 bits per heavy atom. The van der Waals surface area contributed by atoms with Crippen LogP contribution in [0.4, 0.5) is 5.69 Å². The van der Waals surface area contributed by atoms with E-state index in [0.29, 0.717) is 24.2 Å². The Balaban J connectivity index is 1.36. The lowest BCUT2D eigenvalue weighted by atomic mass is 10.1. The molecule has 0 unspecified atom stereocenters. The highest BCUT2D eigenvalue weighted by atomic mass is 32.2. The SMILES string of the molecule is Cc1cc(C)n(Cc2cccc(C(=O)Nc3ccc(CC(=O)N4CCSCC4)cc3)c2)n1. The lowest BCUT2D eigenvalue weighted by Crippen LogP contribution is -2.38. The number of anilines is 1. The second kappa shape index (κ2) is 10.0. The number of amides is 2. The minimum Gasteiger partial charge on any atom is -0.341 e. The maximum Gasteiger partial charge on any atom is 0.255 e. The first-order chi connectivity index (χ1) is 15.5. The molecular formula is C25H28N4O2S. The van der Waals surface area contributed by atoms with E-state index in [9.17, 15) is 9.59 Å². The first-order valence-corrected chi connectivity index (χ1v) is 12.0. The zero-order chi connectivity index (χ0) is 22.5. The van der Waals surface area contributed by atoms with E-state index in [2.05, 4.69) is 10.4 Å². The first-order valence-electron chi connectivity index (χ1n) is 10.8. The number of aromatic nitrogens is 2. The zero-order valence-corrected chi connectivity index (χ0v) is 19.3. The quantitative estimate of drug-likeness (QED) is 0.621. The molecule has 1 aliphatic rings. The molecule has 32 heavy (non-hydrogen) atoms. The lowest BCUT2D eigenvalue weighted by molar-refractivity contribution is -0.130. The summed E-state index contributed by atoms with van der Waals surface area (Å²) in [7, 11) is 0. The Bertz CT molecular complexity index is 1100. The van der Waals surface area contributed by atoms with Gasteiger partial charge in [0.2, 0.25) is 5.91 Å². The fraction of sp³-hybridized carbons (Fsp3) is 0.320. The highest BCUT2D eigenvalue weighted by Gasteiger charge is 2.17. The maximum atomic E-state index is 12.8. The summed E-state index contributed by atoms with van der Waals surface area (Å²) in [6, 6.07) is 17.2. The fourth-order valence-corrected chi connectivity index (χ4v) is 4.73. The highest BCUT2D eigenvalue weighted by Crippen LogP contribution is 2.16. The molecule has 0 aliphatic carbocycles. The third kappa shape index (κ3) is 5.59. The number of aryl methyl sites for hydroxylation is 2. The van der Waals surface area contributed by atoms with E-state index in [1.165, 1.54) is 0 Å². The van der Waals surface area contributed by atoms with E-state index >= 15 is 0 Å². The molecule has 1 aliphatic heterocycles. The number of thioether (sulfide) groups is 1. The number of rotatable bonds is 6. The topological polar surface area (TPSA) is 67.2 Å². The maximum absolute atomic E-state index is 12.8. The molecule has 7 heteroatoms. The number of nitrogens with one attached hydrogen (secondary N) is 1. The summed E-state index contributed by atoms with van der Waals surface area (Å²) < 4.78 is 1.94. The van der Waals surface area contributed by atoms with Crippen LogP contribution >= 0.6 is 11.8 Å². The van der Waals surface area contributed by atoms with E-state index in [1.807, 2.05) is 89.8 Å². The Labute approximate surface area is 193 Å². The fourth-order valence-electron chi connectivity index (χ4n) is 3.83. The molecule has 3 aromatic rings. The van der Waals surface area contributed by atoms with Crippen molar-refractivity contribution < 1.29 is 9.59 Å². The Morgan fingerprint density at radius 3 is 2.44 bits per heavy atom. The van der Waals surface area contributed by atoms with Gasteiger partial charge in [0.15, 0.2) is 0 Å². The molecule has 0 spiro atoms. The molecule has 1 aromatic heterocycles. The third-order valence-electron chi connectivity index (χ3n) is 5.56. The number of benzene rings is 2. The van der Waals surface area contributed by atoms with Gasteiger partial charge < -0.3 is 10.2 Å². The first kappa shape index (κ1) is 22.1. The van der Waals surface area contributed by atoms with Gasteiger partial charge >= 0.3 is 0 Å².